The number of ketones is 1. The summed E-state index contributed by atoms with van der Waals surface area (Å²) in [6.45, 7) is 2.81. The van der Waals surface area contributed by atoms with Crippen LogP contribution < -0.4 is 10.1 Å². The zero-order valence-electron chi connectivity index (χ0n) is 16.3. The summed E-state index contributed by atoms with van der Waals surface area (Å²) in [5.41, 5.74) is 1.22. The number of methoxy groups -OCH3 is 1. The van der Waals surface area contributed by atoms with Crippen LogP contribution in [0, 0.1) is 11.3 Å². The smallest absolute Gasteiger partial charge is 0.349 e. The largest absolute Gasteiger partial charge is 0.497 e. The minimum atomic E-state index is -1.14. The summed E-state index contributed by atoms with van der Waals surface area (Å²) < 4.78 is 10.2. The van der Waals surface area contributed by atoms with Crippen LogP contribution in [0.4, 0.5) is 5.69 Å². The van der Waals surface area contributed by atoms with Crippen LogP contribution in [-0.2, 0) is 14.3 Å². The topological polar surface area (TPSA) is 105 Å². The fraction of sp³-hybridized carbons (Fsp3) is 0.182. The molecule has 0 bridgehead atoms. The van der Waals surface area contributed by atoms with Crippen molar-refractivity contribution in [1.29, 1.82) is 5.26 Å². The molecule has 0 radical (unpaired) electrons. The number of nitrogens with one attached hydrogen (secondary N) is 1. The van der Waals surface area contributed by atoms with Crippen molar-refractivity contribution in [2.24, 2.45) is 0 Å². The first-order valence-corrected chi connectivity index (χ1v) is 8.72. The Morgan fingerprint density at radius 3 is 2.41 bits per heavy atom. The van der Waals surface area contributed by atoms with Gasteiger partial charge in [0.1, 0.15) is 17.4 Å². The summed E-state index contributed by atoms with van der Waals surface area (Å²) in [4.78, 5) is 36.0. The zero-order valence-corrected chi connectivity index (χ0v) is 16.3. The summed E-state index contributed by atoms with van der Waals surface area (Å²) in [6.07, 6.45) is 0.221. The van der Waals surface area contributed by atoms with Crippen molar-refractivity contribution < 1.29 is 23.9 Å². The molecule has 0 aliphatic rings. The molecule has 29 heavy (non-hydrogen) atoms. The van der Waals surface area contributed by atoms with E-state index in [1.807, 2.05) is 0 Å². The number of ether oxygens (including phenoxy) is 2. The fourth-order valence-electron chi connectivity index (χ4n) is 2.34. The first-order chi connectivity index (χ1) is 13.8. The molecule has 0 fully saturated rings. The van der Waals surface area contributed by atoms with E-state index in [2.05, 4.69) is 5.32 Å². The van der Waals surface area contributed by atoms with E-state index in [4.69, 9.17) is 9.47 Å². The molecule has 2 rings (SSSR count). The molecule has 0 saturated carbocycles. The molecule has 7 nitrogen and oxygen atoms in total. The average molecular weight is 392 g/mol. The number of carbonyl (C=O) groups excluding carboxylic acids is 3. The molecular formula is C22H20N2O5. The molecule has 0 saturated heterocycles. The normalized spacial score (nSPS) is 11.7. The summed E-state index contributed by atoms with van der Waals surface area (Å²) in [7, 11) is 1.53. The van der Waals surface area contributed by atoms with Gasteiger partial charge in [-0.15, -0.1) is 0 Å². The number of benzene rings is 2. The number of rotatable bonds is 7. The van der Waals surface area contributed by atoms with Crippen LogP contribution in [0.25, 0.3) is 6.08 Å². The summed E-state index contributed by atoms with van der Waals surface area (Å²) in [5, 5.41) is 11.8. The third-order valence-electron chi connectivity index (χ3n) is 3.96. The van der Waals surface area contributed by atoms with Gasteiger partial charge in [0.15, 0.2) is 11.9 Å². The lowest BCUT2D eigenvalue weighted by molar-refractivity contribution is -0.148. The average Bonchev–Trinajstić information content (AvgIpc) is 2.72. The quantitative estimate of drug-likeness (QED) is 0.335. The third kappa shape index (κ3) is 6.04. The van der Waals surface area contributed by atoms with E-state index < -0.39 is 18.0 Å². The molecule has 0 aromatic heterocycles. The summed E-state index contributed by atoms with van der Waals surface area (Å²) >= 11 is 0. The first-order valence-electron chi connectivity index (χ1n) is 8.72. The van der Waals surface area contributed by atoms with E-state index in [9.17, 15) is 19.6 Å². The van der Waals surface area contributed by atoms with Crippen LogP contribution in [0.1, 0.15) is 29.8 Å². The maximum Gasteiger partial charge on any atom is 0.349 e. The van der Waals surface area contributed by atoms with Gasteiger partial charge in [-0.3, -0.25) is 9.59 Å². The second-order valence-corrected chi connectivity index (χ2v) is 6.12. The van der Waals surface area contributed by atoms with Gasteiger partial charge in [-0.1, -0.05) is 24.3 Å². The molecule has 7 heteroatoms. The number of nitriles is 1. The van der Waals surface area contributed by atoms with Crippen LogP contribution >= 0.6 is 0 Å². The van der Waals surface area contributed by atoms with Gasteiger partial charge in [0.05, 0.1) is 7.11 Å². The monoisotopic (exact) mass is 392 g/mol. The molecular weight excluding hydrogens is 372 g/mol. The lowest BCUT2D eigenvalue weighted by atomic mass is 10.1. The van der Waals surface area contributed by atoms with Gasteiger partial charge in [-0.25, -0.2) is 4.79 Å². The van der Waals surface area contributed by atoms with E-state index in [1.165, 1.54) is 33.1 Å². The van der Waals surface area contributed by atoms with Crippen molar-refractivity contribution in [2.45, 2.75) is 20.0 Å². The van der Waals surface area contributed by atoms with Crippen LogP contribution in [0.15, 0.2) is 54.1 Å². The molecule has 0 aliphatic heterocycles. The Morgan fingerprint density at radius 1 is 1.14 bits per heavy atom. The third-order valence-corrected chi connectivity index (χ3v) is 3.96. The van der Waals surface area contributed by atoms with Gasteiger partial charge in [0, 0.05) is 11.3 Å². The fourth-order valence-corrected chi connectivity index (χ4v) is 2.34. The van der Waals surface area contributed by atoms with Gasteiger partial charge in [0.25, 0.3) is 5.91 Å². The second kappa shape index (κ2) is 9.85. The molecule has 1 atom stereocenters. The molecule has 0 aliphatic carbocycles. The molecule has 0 unspecified atom stereocenters. The number of amides is 1. The maximum atomic E-state index is 12.3. The summed E-state index contributed by atoms with van der Waals surface area (Å²) in [6, 6.07) is 14.9. The maximum absolute atomic E-state index is 12.3. The minimum Gasteiger partial charge on any atom is -0.497 e. The molecule has 0 heterocycles. The highest BCUT2D eigenvalue weighted by atomic mass is 16.5. The number of carbonyl (C=O) groups is 3. The Labute approximate surface area is 168 Å². The lowest BCUT2D eigenvalue weighted by Gasteiger charge is -2.13. The van der Waals surface area contributed by atoms with Crippen LogP contribution in [0.2, 0.25) is 0 Å². The van der Waals surface area contributed by atoms with Gasteiger partial charge in [-0.2, -0.15) is 5.26 Å². The standard InChI is InChI=1S/C22H20N2O5/c1-14(25)17-5-4-6-19(12-17)24-21(26)15(2)29-22(27)18(13-23)11-16-7-9-20(28-3)10-8-16/h4-12,15H,1-3H3,(H,24,26)/b18-11+/t15-/m0/s1. The van der Waals surface area contributed by atoms with Gasteiger partial charge in [-0.05, 0) is 49.8 Å². The lowest BCUT2D eigenvalue weighted by Crippen LogP contribution is -2.30. The number of Topliss-reactive ketones (excluding diaryl/α,β-unsaturated/α-hetero) is 1. The molecule has 0 spiro atoms. The number of anilines is 1. The van der Waals surface area contributed by atoms with Gasteiger partial charge < -0.3 is 14.8 Å². The highest BCUT2D eigenvalue weighted by Gasteiger charge is 2.21. The highest BCUT2D eigenvalue weighted by Crippen LogP contribution is 2.15. The number of nitrogens with zero attached hydrogens (tertiary/aromatic N) is 1. The minimum absolute atomic E-state index is 0.136. The van der Waals surface area contributed by atoms with Crippen molar-refractivity contribution in [3.63, 3.8) is 0 Å². The Bertz CT molecular complexity index is 987. The van der Waals surface area contributed by atoms with Crippen LogP contribution in [0.3, 0.4) is 0 Å². The molecule has 2 aromatic carbocycles. The Balaban J connectivity index is 2.04. The predicted molar refractivity (Wildman–Crippen MR) is 107 cm³/mol. The van der Waals surface area contributed by atoms with Crippen molar-refractivity contribution in [2.75, 3.05) is 12.4 Å². The van der Waals surface area contributed by atoms with Crippen molar-refractivity contribution in [1.82, 2.24) is 0 Å². The SMILES string of the molecule is COc1ccc(/C=C(\C#N)C(=O)O[C@@H](C)C(=O)Nc2cccc(C(C)=O)c2)cc1. The van der Waals surface area contributed by atoms with E-state index in [1.54, 1.807) is 48.5 Å². The molecule has 1 N–H and O–H groups in total. The number of hydrogen-bond acceptors (Lipinski definition) is 6. The van der Waals surface area contributed by atoms with E-state index >= 15 is 0 Å². The van der Waals surface area contributed by atoms with Gasteiger partial charge in [0.2, 0.25) is 0 Å². The zero-order chi connectivity index (χ0) is 21.4. The first kappa shape index (κ1) is 21.4. The van der Waals surface area contributed by atoms with E-state index in [0.717, 1.165) is 0 Å². The van der Waals surface area contributed by atoms with E-state index in [0.29, 0.717) is 22.6 Å². The summed E-state index contributed by atoms with van der Waals surface area (Å²) in [5.74, 6) is -0.991. The number of esters is 1. The van der Waals surface area contributed by atoms with Crippen LogP contribution in [0.5, 0.6) is 5.75 Å². The number of hydrogen-bond donors (Lipinski definition) is 1. The Kier molecular flexibility index (Phi) is 7.26. The van der Waals surface area contributed by atoms with Crippen molar-refractivity contribution in [3.05, 3.63) is 65.2 Å². The predicted octanol–water partition coefficient (Wildman–Crippen LogP) is 3.38. The highest BCUT2D eigenvalue weighted by molar-refractivity contribution is 6.01. The van der Waals surface area contributed by atoms with Gasteiger partial charge >= 0.3 is 5.97 Å². The molecule has 1 amide bonds. The van der Waals surface area contributed by atoms with Crippen LogP contribution in [-0.4, -0.2) is 30.9 Å². The van der Waals surface area contributed by atoms with E-state index in [-0.39, 0.29) is 11.4 Å². The van der Waals surface area contributed by atoms with Crippen molar-refractivity contribution in [3.8, 4) is 11.8 Å². The Hall–Kier alpha value is -3.92. The molecule has 148 valence electrons. The van der Waals surface area contributed by atoms with Crippen molar-refractivity contribution >= 4 is 29.4 Å². The molecule has 2 aromatic rings. The Morgan fingerprint density at radius 2 is 1.83 bits per heavy atom. The second-order valence-electron chi connectivity index (χ2n) is 6.12.